The molecular formula is C15H20O. The summed E-state index contributed by atoms with van der Waals surface area (Å²) >= 11 is 0. The Hall–Kier alpha value is -1.11. The van der Waals surface area contributed by atoms with Gasteiger partial charge in [0.2, 0.25) is 0 Å². The molecule has 0 aromatic heterocycles. The molecule has 0 saturated heterocycles. The van der Waals surface area contributed by atoms with Crippen molar-refractivity contribution in [3.63, 3.8) is 0 Å². The molecule has 0 amide bonds. The van der Waals surface area contributed by atoms with E-state index in [1.165, 1.54) is 11.1 Å². The first-order valence-corrected chi connectivity index (χ1v) is 6.05. The van der Waals surface area contributed by atoms with Crippen LogP contribution in [0.3, 0.4) is 0 Å². The van der Waals surface area contributed by atoms with Crippen molar-refractivity contribution < 1.29 is 4.79 Å². The predicted octanol–water partition coefficient (Wildman–Crippen LogP) is 3.82. The topological polar surface area (TPSA) is 17.1 Å². The summed E-state index contributed by atoms with van der Waals surface area (Å²) in [6.07, 6.45) is 5.76. The van der Waals surface area contributed by atoms with Crippen LogP contribution >= 0.6 is 0 Å². The molecule has 1 heteroatoms. The standard InChI is InChI=1S/C15H20O/c1-10-5-6-12(3)15(13(10)4)8-7-11(2)14(16)9-15/h7,10H,3-6,8-9H2,1-2H3. The molecule has 16 heavy (non-hydrogen) atoms. The van der Waals surface area contributed by atoms with E-state index in [9.17, 15) is 4.79 Å². The van der Waals surface area contributed by atoms with E-state index in [2.05, 4.69) is 26.2 Å². The molecule has 2 rings (SSSR count). The summed E-state index contributed by atoms with van der Waals surface area (Å²) in [6, 6.07) is 0. The van der Waals surface area contributed by atoms with E-state index in [0.29, 0.717) is 12.3 Å². The fourth-order valence-electron chi connectivity index (χ4n) is 2.94. The molecular weight excluding hydrogens is 196 g/mol. The van der Waals surface area contributed by atoms with Gasteiger partial charge in [-0.2, -0.15) is 0 Å². The van der Waals surface area contributed by atoms with Gasteiger partial charge in [-0.15, -0.1) is 0 Å². The molecule has 2 unspecified atom stereocenters. The van der Waals surface area contributed by atoms with Crippen LogP contribution in [0.4, 0.5) is 0 Å². The molecule has 1 spiro atoms. The number of hydrogen-bond acceptors (Lipinski definition) is 1. The minimum atomic E-state index is -0.117. The van der Waals surface area contributed by atoms with Gasteiger partial charge in [0.1, 0.15) is 0 Å². The van der Waals surface area contributed by atoms with Gasteiger partial charge < -0.3 is 0 Å². The first-order valence-electron chi connectivity index (χ1n) is 6.05. The number of carbonyl (C=O) groups excluding carboxylic acids is 1. The molecule has 0 radical (unpaired) electrons. The van der Waals surface area contributed by atoms with Crippen molar-refractivity contribution in [2.24, 2.45) is 11.3 Å². The Morgan fingerprint density at radius 1 is 1.44 bits per heavy atom. The Kier molecular flexibility index (Phi) is 2.65. The van der Waals surface area contributed by atoms with E-state index in [-0.39, 0.29) is 11.2 Å². The van der Waals surface area contributed by atoms with Gasteiger partial charge in [-0.25, -0.2) is 0 Å². The first-order chi connectivity index (χ1) is 7.47. The van der Waals surface area contributed by atoms with E-state index in [1.807, 2.05) is 6.92 Å². The molecule has 2 aliphatic carbocycles. The lowest BCUT2D eigenvalue weighted by Gasteiger charge is -2.45. The highest BCUT2D eigenvalue weighted by Gasteiger charge is 2.43. The number of allylic oxidation sites excluding steroid dienone is 4. The Bertz CT molecular complexity index is 400. The Labute approximate surface area is 97.9 Å². The van der Waals surface area contributed by atoms with E-state index >= 15 is 0 Å². The molecule has 0 heterocycles. The second-order valence-electron chi connectivity index (χ2n) is 5.34. The van der Waals surface area contributed by atoms with Crippen LogP contribution in [0, 0.1) is 11.3 Å². The molecule has 1 fully saturated rings. The maximum Gasteiger partial charge on any atom is 0.159 e. The number of hydrogen-bond donors (Lipinski definition) is 0. The average molecular weight is 216 g/mol. The normalized spacial score (nSPS) is 35.5. The van der Waals surface area contributed by atoms with Crippen LogP contribution in [0.15, 0.2) is 36.0 Å². The maximum atomic E-state index is 11.9. The highest BCUT2D eigenvalue weighted by molar-refractivity contribution is 5.96. The van der Waals surface area contributed by atoms with Gasteiger partial charge in [0.15, 0.2) is 5.78 Å². The van der Waals surface area contributed by atoms with Crippen LogP contribution in [0.25, 0.3) is 0 Å². The molecule has 0 aromatic carbocycles. The van der Waals surface area contributed by atoms with Crippen LogP contribution in [-0.2, 0) is 4.79 Å². The largest absolute Gasteiger partial charge is 0.295 e. The van der Waals surface area contributed by atoms with Crippen molar-refractivity contribution in [3.8, 4) is 0 Å². The van der Waals surface area contributed by atoms with Crippen molar-refractivity contribution in [1.82, 2.24) is 0 Å². The minimum absolute atomic E-state index is 0.117. The molecule has 1 nitrogen and oxygen atoms in total. The monoisotopic (exact) mass is 216 g/mol. The second kappa shape index (κ2) is 3.73. The fourth-order valence-corrected chi connectivity index (χ4v) is 2.94. The summed E-state index contributed by atoms with van der Waals surface area (Å²) < 4.78 is 0. The lowest BCUT2D eigenvalue weighted by molar-refractivity contribution is -0.117. The second-order valence-corrected chi connectivity index (χ2v) is 5.34. The number of Topliss-reactive ketones (excluding diaryl/α,β-unsaturated/α-hetero) is 1. The molecule has 2 aliphatic rings. The van der Waals surface area contributed by atoms with Crippen LogP contribution in [-0.4, -0.2) is 5.78 Å². The number of ketones is 1. The van der Waals surface area contributed by atoms with Crippen LogP contribution < -0.4 is 0 Å². The summed E-state index contributed by atoms with van der Waals surface area (Å²) in [7, 11) is 0. The summed E-state index contributed by atoms with van der Waals surface area (Å²) in [5.74, 6) is 0.785. The quantitative estimate of drug-likeness (QED) is 0.562. The summed E-state index contributed by atoms with van der Waals surface area (Å²) in [5.41, 5.74) is 3.23. The van der Waals surface area contributed by atoms with Crippen LogP contribution in [0.5, 0.6) is 0 Å². The number of rotatable bonds is 0. The summed E-state index contributed by atoms with van der Waals surface area (Å²) in [5, 5.41) is 0. The zero-order valence-electron chi connectivity index (χ0n) is 10.3. The van der Waals surface area contributed by atoms with Gasteiger partial charge in [-0.3, -0.25) is 4.79 Å². The fraction of sp³-hybridized carbons (Fsp3) is 0.533. The van der Waals surface area contributed by atoms with Crippen molar-refractivity contribution in [2.75, 3.05) is 0 Å². The smallest absolute Gasteiger partial charge is 0.159 e. The predicted molar refractivity (Wildman–Crippen MR) is 67.1 cm³/mol. The van der Waals surface area contributed by atoms with E-state index in [0.717, 1.165) is 24.8 Å². The SMILES string of the molecule is C=C1CCC(C)C(=C)C12CC=C(C)C(=O)C2. The molecule has 0 aromatic rings. The third kappa shape index (κ3) is 1.50. The Balaban J connectivity index is 2.40. The molecule has 2 atom stereocenters. The van der Waals surface area contributed by atoms with E-state index in [1.54, 1.807) is 0 Å². The average Bonchev–Trinajstić information content (AvgIpc) is 2.26. The van der Waals surface area contributed by atoms with Crippen molar-refractivity contribution in [2.45, 2.75) is 39.5 Å². The first kappa shape index (κ1) is 11.4. The van der Waals surface area contributed by atoms with Gasteiger partial charge in [-0.1, -0.05) is 37.3 Å². The van der Waals surface area contributed by atoms with Crippen molar-refractivity contribution in [1.29, 1.82) is 0 Å². The lowest BCUT2D eigenvalue weighted by Crippen LogP contribution is -2.36. The molecule has 86 valence electrons. The Morgan fingerprint density at radius 2 is 2.12 bits per heavy atom. The zero-order valence-corrected chi connectivity index (χ0v) is 10.3. The zero-order chi connectivity index (χ0) is 11.9. The molecule has 1 saturated carbocycles. The summed E-state index contributed by atoms with van der Waals surface area (Å²) in [6.45, 7) is 12.6. The van der Waals surface area contributed by atoms with Gasteiger partial charge >= 0.3 is 0 Å². The van der Waals surface area contributed by atoms with Gasteiger partial charge in [0.25, 0.3) is 0 Å². The third-order valence-electron chi connectivity index (χ3n) is 4.42. The van der Waals surface area contributed by atoms with Gasteiger partial charge in [-0.05, 0) is 37.7 Å². The van der Waals surface area contributed by atoms with Gasteiger partial charge in [0.05, 0.1) is 0 Å². The molecule has 0 aliphatic heterocycles. The number of carbonyl (C=O) groups is 1. The molecule has 0 N–H and O–H groups in total. The van der Waals surface area contributed by atoms with Crippen molar-refractivity contribution >= 4 is 5.78 Å². The maximum absolute atomic E-state index is 11.9. The Morgan fingerprint density at radius 3 is 2.75 bits per heavy atom. The minimum Gasteiger partial charge on any atom is -0.295 e. The molecule has 0 bridgehead atoms. The van der Waals surface area contributed by atoms with E-state index in [4.69, 9.17) is 0 Å². The van der Waals surface area contributed by atoms with E-state index < -0.39 is 0 Å². The van der Waals surface area contributed by atoms with Gasteiger partial charge in [0, 0.05) is 11.8 Å². The third-order valence-corrected chi connectivity index (χ3v) is 4.42. The van der Waals surface area contributed by atoms with Crippen LogP contribution in [0.1, 0.15) is 39.5 Å². The van der Waals surface area contributed by atoms with Crippen molar-refractivity contribution in [3.05, 3.63) is 36.0 Å². The summed E-state index contributed by atoms with van der Waals surface area (Å²) in [4.78, 5) is 11.9. The van der Waals surface area contributed by atoms with Crippen LogP contribution in [0.2, 0.25) is 0 Å². The highest BCUT2D eigenvalue weighted by Crippen LogP contribution is 2.53. The lowest BCUT2D eigenvalue weighted by atomic mass is 9.58. The highest BCUT2D eigenvalue weighted by atomic mass is 16.1.